The fourth-order valence-corrected chi connectivity index (χ4v) is 3.00. The van der Waals surface area contributed by atoms with Gasteiger partial charge in [0.05, 0.1) is 11.7 Å². The van der Waals surface area contributed by atoms with Crippen molar-refractivity contribution >= 4 is 11.3 Å². The molecule has 2 N–H and O–H groups in total. The first-order valence-electron chi connectivity index (χ1n) is 6.57. The minimum atomic E-state index is -0.0173. The molecule has 0 radical (unpaired) electrons. The third kappa shape index (κ3) is 3.04. The molecule has 0 aliphatic carbocycles. The Morgan fingerprint density at radius 1 is 1.21 bits per heavy atom. The van der Waals surface area contributed by atoms with Gasteiger partial charge in [0.15, 0.2) is 0 Å². The van der Waals surface area contributed by atoms with E-state index in [1.165, 1.54) is 16.7 Å². The summed E-state index contributed by atoms with van der Waals surface area (Å²) >= 11 is 1.66. The van der Waals surface area contributed by atoms with Crippen LogP contribution in [0.2, 0.25) is 0 Å². The first kappa shape index (κ1) is 14.2. The number of nitrogens with two attached hydrogens (primary N) is 1. The molecular formula is C16H22N2S. The van der Waals surface area contributed by atoms with Crippen molar-refractivity contribution in [3.05, 3.63) is 39.7 Å². The highest BCUT2D eigenvalue weighted by Gasteiger charge is 2.25. The third-order valence-electron chi connectivity index (χ3n) is 3.39. The number of rotatable bonds is 2. The van der Waals surface area contributed by atoms with Crippen molar-refractivity contribution in [3.8, 4) is 11.3 Å². The number of thiazole rings is 1. The highest BCUT2D eigenvalue weighted by atomic mass is 32.1. The SMILES string of the molecule is Cc1ccc(C)c(-c2csc(C(N)C(C)(C)C)n2)c1. The van der Waals surface area contributed by atoms with Crippen molar-refractivity contribution < 1.29 is 0 Å². The smallest absolute Gasteiger partial charge is 0.111 e. The van der Waals surface area contributed by atoms with Crippen molar-refractivity contribution in [2.24, 2.45) is 11.1 Å². The summed E-state index contributed by atoms with van der Waals surface area (Å²) in [6, 6.07) is 6.45. The predicted molar refractivity (Wildman–Crippen MR) is 83.4 cm³/mol. The summed E-state index contributed by atoms with van der Waals surface area (Å²) in [5.41, 5.74) is 11.1. The van der Waals surface area contributed by atoms with Crippen LogP contribution in [0, 0.1) is 19.3 Å². The number of hydrogen-bond donors (Lipinski definition) is 1. The normalized spacial score (nSPS) is 13.6. The van der Waals surface area contributed by atoms with Gasteiger partial charge in [-0.3, -0.25) is 0 Å². The number of hydrogen-bond acceptors (Lipinski definition) is 3. The van der Waals surface area contributed by atoms with Gasteiger partial charge in [-0.15, -0.1) is 11.3 Å². The molecule has 1 atom stereocenters. The largest absolute Gasteiger partial charge is 0.322 e. The quantitative estimate of drug-likeness (QED) is 0.877. The second kappa shape index (κ2) is 5.06. The Hall–Kier alpha value is -1.19. The van der Waals surface area contributed by atoms with Gasteiger partial charge in [0, 0.05) is 10.9 Å². The maximum atomic E-state index is 6.28. The molecule has 0 spiro atoms. The summed E-state index contributed by atoms with van der Waals surface area (Å²) in [4.78, 5) is 4.74. The lowest BCUT2D eigenvalue weighted by atomic mass is 9.88. The van der Waals surface area contributed by atoms with E-state index < -0.39 is 0 Å². The van der Waals surface area contributed by atoms with Gasteiger partial charge in [-0.05, 0) is 30.9 Å². The van der Waals surface area contributed by atoms with E-state index in [1.807, 2.05) is 0 Å². The fraction of sp³-hybridized carbons (Fsp3) is 0.438. The molecule has 2 nitrogen and oxygen atoms in total. The van der Waals surface area contributed by atoms with E-state index in [0.29, 0.717) is 0 Å². The molecule has 0 aliphatic heterocycles. The van der Waals surface area contributed by atoms with Crippen molar-refractivity contribution in [3.63, 3.8) is 0 Å². The summed E-state index contributed by atoms with van der Waals surface area (Å²) in [5, 5.41) is 3.13. The predicted octanol–water partition coefficient (Wildman–Crippen LogP) is 4.47. The average molecular weight is 274 g/mol. The van der Waals surface area contributed by atoms with Crippen LogP contribution in [0.1, 0.15) is 42.9 Å². The van der Waals surface area contributed by atoms with E-state index in [1.54, 1.807) is 11.3 Å². The minimum Gasteiger partial charge on any atom is -0.322 e. The van der Waals surface area contributed by atoms with E-state index in [-0.39, 0.29) is 11.5 Å². The molecule has 0 aliphatic rings. The molecule has 0 saturated carbocycles. The number of benzene rings is 1. The van der Waals surface area contributed by atoms with Gasteiger partial charge in [-0.1, -0.05) is 38.5 Å². The number of aromatic nitrogens is 1. The van der Waals surface area contributed by atoms with Gasteiger partial charge in [-0.2, -0.15) is 0 Å². The molecule has 2 rings (SSSR count). The van der Waals surface area contributed by atoms with Gasteiger partial charge in [0.2, 0.25) is 0 Å². The van der Waals surface area contributed by atoms with E-state index in [2.05, 4.69) is 58.2 Å². The molecule has 1 unspecified atom stereocenters. The van der Waals surface area contributed by atoms with Crippen LogP contribution in [0.3, 0.4) is 0 Å². The van der Waals surface area contributed by atoms with Gasteiger partial charge in [0.25, 0.3) is 0 Å². The maximum Gasteiger partial charge on any atom is 0.111 e. The topological polar surface area (TPSA) is 38.9 Å². The molecule has 1 heterocycles. The number of nitrogens with zero attached hydrogens (tertiary/aromatic N) is 1. The standard InChI is InChI=1S/C16H22N2S/c1-10-6-7-11(2)12(8-10)13-9-19-15(18-13)14(17)16(3,4)5/h6-9,14H,17H2,1-5H3. The molecule has 0 bridgehead atoms. The minimum absolute atomic E-state index is 0.0173. The van der Waals surface area contributed by atoms with Crippen LogP contribution < -0.4 is 5.73 Å². The fourth-order valence-electron chi connectivity index (χ4n) is 1.94. The van der Waals surface area contributed by atoms with E-state index in [9.17, 15) is 0 Å². The van der Waals surface area contributed by atoms with Crippen molar-refractivity contribution in [1.82, 2.24) is 4.98 Å². The Morgan fingerprint density at radius 3 is 2.53 bits per heavy atom. The van der Waals surface area contributed by atoms with Gasteiger partial charge >= 0.3 is 0 Å². The van der Waals surface area contributed by atoms with Crippen LogP contribution in [0.4, 0.5) is 0 Å². The van der Waals surface area contributed by atoms with E-state index in [0.717, 1.165) is 10.7 Å². The lowest BCUT2D eigenvalue weighted by molar-refractivity contribution is 0.326. The molecule has 0 fully saturated rings. The Balaban J connectivity index is 2.39. The Bertz CT molecular complexity index is 579. The van der Waals surface area contributed by atoms with Gasteiger partial charge in [0.1, 0.15) is 5.01 Å². The molecule has 0 amide bonds. The lowest BCUT2D eigenvalue weighted by Gasteiger charge is -2.24. The van der Waals surface area contributed by atoms with Gasteiger partial charge < -0.3 is 5.73 Å². The molecule has 19 heavy (non-hydrogen) atoms. The zero-order valence-corrected chi connectivity index (χ0v) is 13.1. The van der Waals surface area contributed by atoms with Crippen molar-refractivity contribution in [2.75, 3.05) is 0 Å². The molecule has 102 valence electrons. The molecule has 2 aromatic rings. The zero-order chi connectivity index (χ0) is 14.2. The maximum absolute atomic E-state index is 6.28. The van der Waals surface area contributed by atoms with Crippen LogP contribution in [-0.2, 0) is 0 Å². The van der Waals surface area contributed by atoms with Crippen molar-refractivity contribution in [1.29, 1.82) is 0 Å². The van der Waals surface area contributed by atoms with E-state index >= 15 is 0 Å². The molecule has 0 saturated heterocycles. The molecule has 1 aromatic carbocycles. The molecule has 1 aromatic heterocycles. The summed E-state index contributed by atoms with van der Waals surface area (Å²) in [6.45, 7) is 10.7. The molecule has 3 heteroatoms. The summed E-state index contributed by atoms with van der Waals surface area (Å²) < 4.78 is 0. The van der Waals surface area contributed by atoms with Crippen LogP contribution >= 0.6 is 11.3 Å². The van der Waals surface area contributed by atoms with Gasteiger partial charge in [-0.25, -0.2) is 4.98 Å². The highest BCUT2D eigenvalue weighted by molar-refractivity contribution is 7.10. The van der Waals surface area contributed by atoms with Crippen LogP contribution in [0.25, 0.3) is 11.3 Å². The van der Waals surface area contributed by atoms with Crippen LogP contribution in [0.15, 0.2) is 23.6 Å². The number of aryl methyl sites for hydroxylation is 2. The monoisotopic (exact) mass is 274 g/mol. The lowest BCUT2D eigenvalue weighted by Crippen LogP contribution is -2.26. The van der Waals surface area contributed by atoms with Crippen LogP contribution in [-0.4, -0.2) is 4.98 Å². The zero-order valence-electron chi connectivity index (χ0n) is 12.3. The Morgan fingerprint density at radius 2 is 1.89 bits per heavy atom. The summed E-state index contributed by atoms with van der Waals surface area (Å²) in [5.74, 6) is 0. The van der Waals surface area contributed by atoms with Crippen LogP contribution in [0.5, 0.6) is 0 Å². The first-order chi connectivity index (χ1) is 8.79. The Labute approximate surface area is 119 Å². The summed E-state index contributed by atoms with van der Waals surface area (Å²) in [6.07, 6.45) is 0. The highest BCUT2D eigenvalue weighted by Crippen LogP contribution is 2.34. The third-order valence-corrected chi connectivity index (χ3v) is 4.32. The summed E-state index contributed by atoms with van der Waals surface area (Å²) in [7, 11) is 0. The Kier molecular flexibility index (Phi) is 3.79. The van der Waals surface area contributed by atoms with E-state index in [4.69, 9.17) is 10.7 Å². The average Bonchev–Trinajstić information content (AvgIpc) is 2.79. The second-order valence-electron chi connectivity index (χ2n) is 6.23. The van der Waals surface area contributed by atoms with Crippen molar-refractivity contribution in [2.45, 2.75) is 40.7 Å². The first-order valence-corrected chi connectivity index (χ1v) is 7.45. The molecular weight excluding hydrogens is 252 g/mol. The second-order valence-corrected chi connectivity index (χ2v) is 7.12.